The van der Waals surface area contributed by atoms with Crippen LogP contribution in [0.3, 0.4) is 0 Å². The second-order valence-electron chi connectivity index (χ2n) is 19.6. The molecule has 392 valence electrons. The molecule has 6 atom stereocenters. The lowest BCUT2D eigenvalue weighted by atomic mass is 9.82. The summed E-state index contributed by atoms with van der Waals surface area (Å²) in [4.78, 5) is 96.5. The largest absolute Gasteiger partial charge is 0.416 e. The lowest BCUT2D eigenvalue weighted by Crippen LogP contribution is -2.59. The van der Waals surface area contributed by atoms with Gasteiger partial charge in [-0.25, -0.2) is 9.97 Å². The van der Waals surface area contributed by atoms with Crippen LogP contribution in [0.5, 0.6) is 0 Å². The van der Waals surface area contributed by atoms with Crippen molar-refractivity contribution in [2.24, 2.45) is 11.8 Å². The van der Waals surface area contributed by atoms with Crippen molar-refractivity contribution in [3.05, 3.63) is 60.2 Å². The van der Waals surface area contributed by atoms with Crippen molar-refractivity contribution in [1.29, 1.82) is 0 Å². The molecule has 0 bridgehead atoms. The fraction of sp³-hybridized carbons (Fsp3) is 0.620. The molecule has 2 aliphatic carbocycles. The molecule has 1 aromatic carbocycles. The van der Waals surface area contributed by atoms with Gasteiger partial charge in [-0.15, -0.1) is 0 Å². The number of aromatic nitrogens is 3. The molecule has 0 spiro atoms. The zero-order valence-corrected chi connectivity index (χ0v) is 41.4. The van der Waals surface area contributed by atoms with Crippen LogP contribution < -0.4 is 26.6 Å². The highest BCUT2D eigenvalue weighted by Crippen LogP contribution is 2.38. The van der Waals surface area contributed by atoms with Crippen molar-refractivity contribution in [3.8, 4) is 0 Å². The predicted molar refractivity (Wildman–Crippen MR) is 259 cm³/mol. The topological polar surface area (TPSA) is 229 Å². The molecule has 3 aromatic rings. The monoisotopic (exact) mass is 1010 g/mol. The summed E-state index contributed by atoms with van der Waals surface area (Å²) < 4.78 is 51.8. The molecule has 4 aliphatic rings. The molecule has 4 heterocycles. The summed E-state index contributed by atoms with van der Waals surface area (Å²) in [6.45, 7) is 5.47. The number of amides is 6. The van der Waals surface area contributed by atoms with Crippen molar-refractivity contribution in [2.45, 2.75) is 127 Å². The summed E-state index contributed by atoms with van der Waals surface area (Å²) in [5.41, 5.74) is 0.264. The van der Waals surface area contributed by atoms with Gasteiger partial charge in [0.15, 0.2) is 0 Å². The Hall–Kier alpha value is -6.00. The van der Waals surface area contributed by atoms with Crippen LogP contribution in [0.2, 0.25) is 0 Å². The Morgan fingerprint density at radius 3 is 2.40 bits per heavy atom. The Kier molecular flexibility index (Phi) is 18.4. The van der Waals surface area contributed by atoms with Gasteiger partial charge in [0.1, 0.15) is 24.8 Å². The van der Waals surface area contributed by atoms with Crippen LogP contribution in [-0.4, -0.2) is 162 Å². The Labute approximate surface area is 417 Å². The molecule has 22 heteroatoms. The van der Waals surface area contributed by atoms with Gasteiger partial charge in [-0.2, -0.15) is 13.2 Å². The number of nitrogens with zero attached hydrogens (tertiary/aromatic N) is 6. The zero-order chi connectivity index (χ0) is 51.5. The molecule has 0 radical (unpaired) electrons. The van der Waals surface area contributed by atoms with Crippen LogP contribution in [0.4, 0.5) is 19.0 Å². The first kappa shape index (κ1) is 53.8. The van der Waals surface area contributed by atoms with E-state index in [4.69, 9.17) is 9.47 Å². The molecule has 4 fully saturated rings. The van der Waals surface area contributed by atoms with Crippen molar-refractivity contribution < 1.29 is 51.4 Å². The van der Waals surface area contributed by atoms with E-state index in [1.807, 2.05) is 11.0 Å². The minimum Gasteiger partial charge on any atom is -0.377 e. The number of nitrogens with one attached hydrogen (secondary N) is 5. The molecule has 2 saturated heterocycles. The van der Waals surface area contributed by atoms with Gasteiger partial charge in [-0.3, -0.25) is 33.8 Å². The highest BCUT2D eigenvalue weighted by molar-refractivity contribution is 5.94. The van der Waals surface area contributed by atoms with Gasteiger partial charge in [0.2, 0.25) is 35.4 Å². The van der Waals surface area contributed by atoms with E-state index >= 15 is 0 Å². The van der Waals surface area contributed by atoms with Gasteiger partial charge in [-0.05, 0) is 102 Å². The average Bonchev–Trinajstić information content (AvgIpc) is 3.87. The molecule has 5 N–H and O–H groups in total. The number of pyridine rings is 1. The van der Waals surface area contributed by atoms with Gasteiger partial charge in [0, 0.05) is 81.3 Å². The smallest absolute Gasteiger partial charge is 0.377 e. The van der Waals surface area contributed by atoms with E-state index in [0.29, 0.717) is 57.0 Å². The lowest BCUT2D eigenvalue weighted by Gasteiger charge is -2.45. The summed E-state index contributed by atoms with van der Waals surface area (Å²) in [5.74, 6) is -1.92. The SMILES string of the molecule is CC(C)N(C)[C@@H]1CC[C@H](N2CC[C@H](Nc3ncnc4ccc(C(F)(F)F)cc34)C2=O)[C@H](NC(=O)C2CCC(NC(=O)COCCOCCNC(=O)CCNC(=O)[C@H]3CC(=O)N(C)[C@@H]3c3cccnc3)CC2)C1. The van der Waals surface area contributed by atoms with Crippen molar-refractivity contribution in [1.82, 2.24) is 50.9 Å². The maximum absolute atomic E-state index is 14.1. The van der Waals surface area contributed by atoms with E-state index in [2.05, 4.69) is 67.3 Å². The van der Waals surface area contributed by atoms with E-state index in [-0.39, 0.29) is 135 Å². The van der Waals surface area contributed by atoms with Gasteiger partial charge < -0.3 is 50.8 Å². The van der Waals surface area contributed by atoms with E-state index in [1.165, 1.54) is 12.4 Å². The number of likely N-dealkylation sites (tertiary alicyclic amines) is 2. The third-order valence-electron chi connectivity index (χ3n) is 14.7. The second-order valence-corrected chi connectivity index (χ2v) is 19.6. The van der Waals surface area contributed by atoms with Gasteiger partial charge >= 0.3 is 6.18 Å². The normalized spacial score (nSPS) is 24.7. The first-order chi connectivity index (χ1) is 34.5. The first-order valence-corrected chi connectivity index (χ1v) is 25.0. The van der Waals surface area contributed by atoms with Crippen molar-refractivity contribution in [3.63, 3.8) is 0 Å². The molecule has 2 aromatic heterocycles. The molecule has 0 unspecified atom stereocenters. The molecule has 6 amide bonds. The molecule has 2 saturated carbocycles. The number of rotatable bonds is 21. The Bertz CT molecular complexity index is 2370. The second kappa shape index (κ2) is 24.6. The number of carbonyl (C=O) groups is 6. The van der Waals surface area contributed by atoms with E-state index in [0.717, 1.165) is 24.1 Å². The van der Waals surface area contributed by atoms with E-state index in [1.54, 1.807) is 30.4 Å². The maximum atomic E-state index is 14.1. The third-order valence-corrected chi connectivity index (χ3v) is 14.7. The van der Waals surface area contributed by atoms with Crippen LogP contribution in [-0.2, 0) is 44.4 Å². The number of carbonyl (C=O) groups excluding carboxylic acids is 6. The quantitative estimate of drug-likeness (QED) is 0.0967. The number of alkyl halides is 3. The van der Waals surface area contributed by atoms with Crippen LogP contribution in [0, 0.1) is 11.8 Å². The van der Waals surface area contributed by atoms with E-state index in [9.17, 15) is 41.9 Å². The van der Waals surface area contributed by atoms with Crippen molar-refractivity contribution in [2.75, 3.05) is 65.5 Å². The molecular weight excluding hydrogens is 940 g/mol. The fourth-order valence-corrected chi connectivity index (χ4v) is 10.5. The minimum atomic E-state index is -4.56. The van der Waals surface area contributed by atoms with Crippen LogP contribution in [0.1, 0.15) is 95.2 Å². The minimum absolute atomic E-state index is 0.0595. The molecule has 72 heavy (non-hydrogen) atoms. The van der Waals surface area contributed by atoms with E-state index < -0.39 is 29.7 Å². The lowest BCUT2D eigenvalue weighted by molar-refractivity contribution is -0.137. The average molecular weight is 1010 g/mol. The number of halogens is 3. The van der Waals surface area contributed by atoms with Crippen LogP contribution in [0.15, 0.2) is 49.1 Å². The van der Waals surface area contributed by atoms with Gasteiger partial charge in [0.25, 0.3) is 0 Å². The Morgan fingerprint density at radius 1 is 0.889 bits per heavy atom. The highest BCUT2D eigenvalue weighted by atomic mass is 19.4. The maximum Gasteiger partial charge on any atom is 0.416 e. The molecule has 2 aliphatic heterocycles. The Morgan fingerprint density at radius 2 is 1.67 bits per heavy atom. The molecule has 19 nitrogen and oxygen atoms in total. The molecule has 7 rings (SSSR count). The van der Waals surface area contributed by atoms with Crippen molar-refractivity contribution >= 4 is 52.2 Å². The molecular formula is C50H68F3N11O8. The number of benzene rings is 1. The first-order valence-electron chi connectivity index (χ1n) is 25.0. The number of hydrogen-bond donors (Lipinski definition) is 5. The highest BCUT2D eigenvalue weighted by Gasteiger charge is 2.45. The third kappa shape index (κ3) is 13.7. The standard InChI is InChI=1S/C50H68F3N11O8/c1-30(2)62(3)35-12-14-41(64-20-16-39(49(64)70)60-46-36-24-33(50(51,52)53)9-13-38(36)57-29-58-46)40(25-35)61-47(68)31-7-10-34(11-8-31)59-43(66)28-72-23-22-71-21-19-55-42(65)15-18-56-48(69)37-26-44(67)63(4)45(37)32-6-5-17-54-27-32/h5-6,9,13,17,24,27,29-31,34-35,37,39-41,45H,7-8,10-12,14-16,18-23,25-26,28H2,1-4H3,(H,55,65)(H,56,69)(H,59,66)(H,61,68)(H,57,58,60)/t31?,34?,35-,37+,39+,40-,41+,45-/m1/s1. The number of anilines is 1. The number of hydrogen-bond acceptors (Lipinski definition) is 13. The number of ether oxygens (including phenoxy) is 2. The predicted octanol–water partition coefficient (Wildman–Crippen LogP) is 3.35. The van der Waals surface area contributed by atoms with Crippen LogP contribution >= 0.6 is 0 Å². The summed E-state index contributed by atoms with van der Waals surface area (Å²) in [6, 6.07) is 5.48. The van der Waals surface area contributed by atoms with Gasteiger partial charge in [-0.1, -0.05) is 6.07 Å². The summed E-state index contributed by atoms with van der Waals surface area (Å²) >= 11 is 0. The summed E-state index contributed by atoms with van der Waals surface area (Å²) in [6.07, 6.45) is 5.07. The van der Waals surface area contributed by atoms with Crippen LogP contribution in [0.25, 0.3) is 10.9 Å². The number of fused-ring (bicyclic) bond motifs is 1. The zero-order valence-electron chi connectivity index (χ0n) is 41.4. The fourth-order valence-electron chi connectivity index (χ4n) is 10.5. The summed E-state index contributed by atoms with van der Waals surface area (Å²) in [5, 5.41) is 15.2. The summed E-state index contributed by atoms with van der Waals surface area (Å²) in [7, 11) is 3.74. The Balaban J connectivity index is 0.781. The van der Waals surface area contributed by atoms with Gasteiger partial charge in [0.05, 0.1) is 54.9 Å².